The molecule has 1 saturated heterocycles. The minimum atomic E-state index is -0.311. The van der Waals surface area contributed by atoms with E-state index in [2.05, 4.69) is 34.5 Å². The number of amides is 1. The van der Waals surface area contributed by atoms with E-state index in [1.54, 1.807) is 43.2 Å². The first-order chi connectivity index (χ1) is 17.2. The van der Waals surface area contributed by atoms with E-state index in [-0.39, 0.29) is 48.2 Å². The van der Waals surface area contributed by atoms with Gasteiger partial charge in [-0.15, -0.1) is 10.8 Å². The van der Waals surface area contributed by atoms with Gasteiger partial charge in [0.2, 0.25) is 5.91 Å². The Bertz CT molecular complexity index is 577. The molecule has 1 atom stereocenters. The predicted molar refractivity (Wildman–Crippen MR) is 162 cm³/mol. The maximum atomic E-state index is 12.0. The Morgan fingerprint density at radius 2 is 1.64 bits per heavy atom. The van der Waals surface area contributed by atoms with Crippen molar-refractivity contribution in [3.05, 3.63) is 5.08 Å². The summed E-state index contributed by atoms with van der Waals surface area (Å²) >= 11 is 0. The Morgan fingerprint density at radius 1 is 1.00 bits per heavy atom. The van der Waals surface area contributed by atoms with Gasteiger partial charge in [0.1, 0.15) is 0 Å². The van der Waals surface area contributed by atoms with Gasteiger partial charge in [-0.3, -0.25) is 21.1 Å². The van der Waals surface area contributed by atoms with Gasteiger partial charge in [-0.25, -0.2) is 6.29 Å². The average Bonchev–Trinajstić information content (AvgIpc) is 3.63. The molecule has 0 bridgehead atoms. The maximum absolute atomic E-state index is 12.0. The molecule has 1 aliphatic heterocycles. The number of nitrogens with zero attached hydrogens (tertiary/aromatic N) is 1. The van der Waals surface area contributed by atoms with E-state index in [9.17, 15) is 9.59 Å². The molecule has 3 N–H and O–H groups in total. The molecule has 206 valence electrons. The predicted octanol–water partition coefficient (Wildman–Crippen LogP) is 8.22. The fourth-order valence-electron chi connectivity index (χ4n) is 3.41. The largest absolute Gasteiger partial charge is 0.540 e. The van der Waals surface area contributed by atoms with Gasteiger partial charge in [0.05, 0.1) is 5.08 Å². The Balaban J connectivity index is 0.0000122. The molecule has 36 heavy (non-hydrogen) atoms. The van der Waals surface area contributed by atoms with Crippen molar-refractivity contribution in [1.29, 1.82) is 0 Å². The average molecular weight is 688 g/mol. The summed E-state index contributed by atoms with van der Waals surface area (Å²) in [5, 5.41) is 19.4. The fourth-order valence-corrected chi connectivity index (χ4v) is 11.1. The van der Waals surface area contributed by atoms with Crippen LogP contribution >= 0.6 is 64.8 Å². The number of rotatable bonds is 26. The molecule has 1 rings (SSSR count). The van der Waals surface area contributed by atoms with Gasteiger partial charge >= 0.3 is 0 Å². The Hall–Kier alpha value is 1.77. The van der Waals surface area contributed by atoms with Gasteiger partial charge in [0, 0.05) is 45.7 Å². The molecule has 1 amide bonds. The second-order valence-electron chi connectivity index (χ2n) is 8.32. The van der Waals surface area contributed by atoms with Crippen LogP contribution in [-0.2, 0) is 42.3 Å². The molecule has 0 aromatic heterocycles. The van der Waals surface area contributed by atoms with Crippen molar-refractivity contribution < 1.29 is 47.5 Å². The van der Waals surface area contributed by atoms with Crippen molar-refractivity contribution in [3.8, 4) is 0 Å². The molecule has 0 aliphatic carbocycles. The normalized spacial score (nSPS) is 14.9. The van der Waals surface area contributed by atoms with Gasteiger partial charge in [0.15, 0.2) is 3.54 Å². The molecular weight excluding hydrogens is 648 g/mol. The number of hydrogen-bond donors (Lipinski definition) is 3. The number of carbonyl (C=O) groups is 1. The molecule has 0 spiro atoms. The number of unbranched alkanes of at least 4 members (excludes halogenated alkanes) is 11. The van der Waals surface area contributed by atoms with Crippen molar-refractivity contribution >= 4 is 82.5 Å². The van der Waals surface area contributed by atoms with Crippen molar-refractivity contribution in [2.45, 2.75) is 113 Å². The Kier molecular flexibility index (Phi) is 28.3. The van der Waals surface area contributed by atoms with Gasteiger partial charge in [0.25, 0.3) is 0 Å². The molecule has 1 aliphatic rings. The van der Waals surface area contributed by atoms with Gasteiger partial charge < -0.3 is 25.8 Å². The second-order valence-corrected chi connectivity index (χ2v) is 16.1. The summed E-state index contributed by atoms with van der Waals surface area (Å²) < 4.78 is -0.216. The molecule has 0 aromatic rings. The topological polar surface area (TPSA) is 90.8 Å². The summed E-state index contributed by atoms with van der Waals surface area (Å²) in [6, 6.07) is -0.311. The first-order valence-corrected chi connectivity index (χ1v) is 19.1. The zero-order chi connectivity index (χ0) is 25.5. The van der Waals surface area contributed by atoms with Crippen LogP contribution in [0, 0.1) is 5.08 Å². The molecule has 1 fully saturated rings. The third-order valence-electron chi connectivity index (χ3n) is 5.34. The van der Waals surface area contributed by atoms with Crippen LogP contribution in [0.1, 0.15) is 103 Å². The summed E-state index contributed by atoms with van der Waals surface area (Å²) in [5.41, 5.74) is 2.37. The number of hydrogen-bond acceptors (Lipinski definition) is 11. The monoisotopic (exact) mass is 687 g/mol. The van der Waals surface area contributed by atoms with E-state index < -0.39 is 0 Å². The summed E-state index contributed by atoms with van der Waals surface area (Å²) in [7, 11) is 9.22. The van der Waals surface area contributed by atoms with Gasteiger partial charge in [-0.05, 0) is 45.2 Å². The molecule has 2 radical (unpaired) electrons. The van der Waals surface area contributed by atoms with Crippen LogP contribution in [-0.4, -0.2) is 39.1 Å². The van der Waals surface area contributed by atoms with Crippen LogP contribution in [0.3, 0.4) is 0 Å². The van der Waals surface area contributed by atoms with E-state index in [0.717, 1.165) is 25.7 Å². The Labute approximate surface area is 267 Å². The van der Waals surface area contributed by atoms with Crippen LogP contribution in [0.2, 0.25) is 0 Å². The standard InChI is InChI=1S/C23H40N3O3S6.Y/c1-2-3-4-5-6-7-8-9-10-11-12-16-22(28)24-17-14-13-15-21(18-27)26-23(34-35-23)33-32-20-31-30-19-25-29;/h20-21,26,29H,2-17H2,1H3,(H,24,28);/q-2;/t21-;/m0./s1. The SMILES string of the molecule is CCCCCCCCCCCCCC(=O)NCCCC[C@@H]([C-]=O)NC1(SS[CH]SS[C-]=NO)SS1.[Y]. The minimum Gasteiger partial charge on any atom is -0.540 e. The quantitative estimate of drug-likeness (QED) is 0.00951. The Morgan fingerprint density at radius 3 is 2.22 bits per heavy atom. The third-order valence-corrected chi connectivity index (χ3v) is 14.1. The van der Waals surface area contributed by atoms with Crippen molar-refractivity contribution in [3.63, 3.8) is 0 Å². The van der Waals surface area contributed by atoms with E-state index in [0.29, 0.717) is 19.4 Å². The number of carbonyl (C=O) groups excluding carboxylic acids is 2. The zero-order valence-corrected chi connectivity index (χ0v) is 28.9. The van der Waals surface area contributed by atoms with E-state index in [1.165, 1.54) is 79.4 Å². The zero-order valence-electron chi connectivity index (χ0n) is 21.2. The molecule has 13 heteroatoms. The minimum absolute atomic E-state index is 0. The molecular formula is C23H40N3O3S6Y-2. The first kappa shape index (κ1) is 37.8. The maximum Gasteiger partial charge on any atom is 0.219 e. The number of nitrogens with one attached hydrogen (secondary N) is 2. The van der Waals surface area contributed by atoms with E-state index in [4.69, 9.17) is 5.21 Å². The summed E-state index contributed by atoms with van der Waals surface area (Å²) in [6.07, 6.45) is 19.3. The molecule has 1 heterocycles. The molecule has 0 unspecified atom stereocenters. The third kappa shape index (κ3) is 22.6. The fraction of sp³-hybridized carbons (Fsp3) is 0.826. The van der Waals surface area contributed by atoms with Gasteiger partial charge in [-0.2, -0.15) is 0 Å². The molecule has 0 saturated carbocycles. The summed E-state index contributed by atoms with van der Waals surface area (Å²) in [5.74, 6) is 0.144. The molecule has 0 aromatic carbocycles. The van der Waals surface area contributed by atoms with Crippen LogP contribution in [0.15, 0.2) is 5.16 Å². The molecule has 6 nitrogen and oxygen atoms in total. The van der Waals surface area contributed by atoms with E-state index >= 15 is 0 Å². The van der Waals surface area contributed by atoms with Crippen molar-refractivity contribution in [2.24, 2.45) is 5.16 Å². The van der Waals surface area contributed by atoms with Crippen molar-refractivity contribution in [1.82, 2.24) is 10.6 Å². The van der Waals surface area contributed by atoms with Crippen LogP contribution in [0.5, 0.6) is 0 Å². The van der Waals surface area contributed by atoms with Crippen molar-refractivity contribution in [2.75, 3.05) is 6.54 Å². The summed E-state index contributed by atoms with van der Waals surface area (Å²) in [4.78, 5) is 23.4. The van der Waals surface area contributed by atoms with Gasteiger partial charge in [-0.1, -0.05) is 101 Å². The second kappa shape index (κ2) is 27.0. The van der Waals surface area contributed by atoms with Crippen LogP contribution in [0.25, 0.3) is 0 Å². The van der Waals surface area contributed by atoms with Crippen LogP contribution < -0.4 is 10.6 Å². The summed E-state index contributed by atoms with van der Waals surface area (Å²) in [6.45, 7) is 2.92. The first-order valence-electron chi connectivity index (χ1n) is 12.5. The van der Waals surface area contributed by atoms with Crippen LogP contribution in [0.4, 0.5) is 0 Å². The smallest absolute Gasteiger partial charge is 0.219 e. The van der Waals surface area contributed by atoms with E-state index in [1.807, 2.05) is 5.08 Å².